The lowest BCUT2D eigenvalue weighted by Gasteiger charge is -2.09. The zero-order valence-electron chi connectivity index (χ0n) is 17.9. The molecule has 0 aliphatic carbocycles. The molecule has 0 N–H and O–H groups in total. The Morgan fingerprint density at radius 2 is 1.97 bits per heavy atom. The smallest absolute Gasteiger partial charge is 0.247 e. The zero-order chi connectivity index (χ0) is 22.9. The van der Waals surface area contributed by atoms with Gasteiger partial charge in [0, 0.05) is 40.6 Å². The fraction of sp³-hybridized carbons (Fsp3) is 0.120. The maximum Gasteiger partial charge on any atom is 0.247 e. The molecule has 0 spiro atoms. The number of ether oxygens (including phenoxy) is 1. The van der Waals surface area contributed by atoms with Gasteiger partial charge in [-0.2, -0.15) is 0 Å². The summed E-state index contributed by atoms with van der Waals surface area (Å²) in [6.07, 6.45) is 6.00. The molecule has 2 aromatic carbocycles. The third-order valence-corrected chi connectivity index (χ3v) is 5.78. The SMILES string of the molecule is COc1ccc2c(c1)c(C(=O)c1coc(-c3cnccn3)n1)c(C)n2Cc1ccc(Cl)cc1. The number of nitrogens with zero attached hydrogens (tertiary/aromatic N) is 4. The van der Waals surface area contributed by atoms with E-state index in [0.717, 1.165) is 22.2 Å². The molecule has 7 nitrogen and oxygen atoms in total. The van der Waals surface area contributed by atoms with Crippen LogP contribution < -0.4 is 4.74 Å². The number of carbonyl (C=O) groups excluding carboxylic acids is 1. The van der Waals surface area contributed by atoms with Crippen LogP contribution in [-0.4, -0.2) is 32.4 Å². The predicted octanol–water partition coefficient (Wildman–Crippen LogP) is 5.34. The van der Waals surface area contributed by atoms with E-state index in [1.165, 1.54) is 12.5 Å². The highest BCUT2D eigenvalue weighted by Gasteiger charge is 2.24. The van der Waals surface area contributed by atoms with E-state index in [1.807, 2.05) is 49.4 Å². The fourth-order valence-electron chi connectivity index (χ4n) is 3.88. The lowest BCUT2D eigenvalue weighted by molar-refractivity contribution is 0.103. The highest BCUT2D eigenvalue weighted by atomic mass is 35.5. The Labute approximate surface area is 194 Å². The van der Waals surface area contributed by atoms with Gasteiger partial charge in [-0.15, -0.1) is 0 Å². The third-order valence-electron chi connectivity index (χ3n) is 5.53. The summed E-state index contributed by atoms with van der Waals surface area (Å²) < 4.78 is 13.1. The van der Waals surface area contributed by atoms with Gasteiger partial charge >= 0.3 is 0 Å². The molecule has 0 atom stereocenters. The van der Waals surface area contributed by atoms with Gasteiger partial charge in [-0.25, -0.2) is 9.97 Å². The van der Waals surface area contributed by atoms with Crippen LogP contribution in [0.4, 0.5) is 0 Å². The van der Waals surface area contributed by atoms with Gasteiger partial charge in [0.05, 0.1) is 18.9 Å². The lowest BCUT2D eigenvalue weighted by atomic mass is 10.0. The normalized spacial score (nSPS) is 11.1. The summed E-state index contributed by atoms with van der Waals surface area (Å²) in [5, 5.41) is 1.47. The summed E-state index contributed by atoms with van der Waals surface area (Å²) in [6, 6.07) is 13.4. The Balaban J connectivity index is 1.61. The molecule has 0 saturated heterocycles. The van der Waals surface area contributed by atoms with Crippen molar-refractivity contribution in [1.29, 1.82) is 0 Å². The molecular formula is C25H19ClN4O3. The van der Waals surface area contributed by atoms with Crippen LogP contribution in [-0.2, 0) is 6.54 Å². The molecule has 5 rings (SSSR count). The number of benzene rings is 2. The molecule has 3 aromatic heterocycles. The number of rotatable bonds is 6. The van der Waals surface area contributed by atoms with Crippen molar-refractivity contribution in [1.82, 2.24) is 19.5 Å². The maximum atomic E-state index is 13.6. The Morgan fingerprint density at radius 3 is 2.70 bits per heavy atom. The number of fused-ring (bicyclic) bond motifs is 1. The number of carbonyl (C=O) groups is 1. The van der Waals surface area contributed by atoms with Crippen LogP contribution in [0.15, 0.2) is 71.7 Å². The summed E-state index contributed by atoms with van der Waals surface area (Å²) in [5.74, 6) is 0.673. The Hall–Kier alpha value is -3.97. The first-order valence-corrected chi connectivity index (χ1v) is 10.6. The van der Waals surface area contributed by atoms with Gasteiger partial charge in [-0.05, 0) is 42.8 Å². The van der Waals surface area contributed by atoms with Crippen LogP contribution in [0.2, 0.25) is 5.02 Å². The van der Waals surface area contributed by atoms with E-state index >= 15 is 0 Å². The fourth-order valence-corrected chi connectivity index (χ4v) is 4.01. The molecular weight excluding hydrogens is 440 g/mol. The second-order valence-corrected chi connectivity index (χ2v) is 7.95. The van der Waals surface area contributed by atoms with Crippen molar-refractivity contribution < 1.29 is 13.9 Å². The molecule has 0 bridgehead atoms. The summed E-state index contributed by atoms with van der Waals surface area (Å²) in [5.41, 5.74) is 4.02. The zero-order valence-corrected chi connectivity index (χ0v) is 18.7. The van der Waals surface area contributed by atoms with E-state index in [0.29, 0.717) is 28.6 Å². The van der Waals surface area contributed by atoms with Gasteiger partial charge in [0.25, 0.3) is 0 Å². The molecule has 33 heavy (non-hydrogen) atoms. The van der Waals surface area contributed by atoms with Crippen molar-refractivity contribution in [3.63, 3.8) is 0 Å². The average molecular weight is 459 g/mol. The van der Waals surface area contributed by atoms with Crippen molar-refractivity contribution in [2.24, 2.45) is 0 Å². The minimum Gasteiger partial charge on any atom is -0.497 e. The second kappa shape index (κ2) is 8.52. The number of ketones is 1. The van der Waals surface area contributed by atoms with E-state index in [9.17, 15) is 4.79 Å². The number of methoxy groups -OCH3 is 1. The van der Waals surface area contributed by atoms with Gasteiger partial charge < -0.3 is 13.7 Å². The summed E-state index contributed by atoms with van der Waals surface area (Å²) in [6.45, 7) is 2.52. The maximum absolute atomic E-state index is 13.6. The van der Waals surface area contributed by atoms with E-state index in [4.69, 9.17) is 20.8 Å². The first-order chi connectivity index (χ1) is 16.0. The van der Waals surface area contributed by atoms with Crippen LogP contribution in [0.5, 0.6) is 5.75 Å². The summed E-state index contributed by atoms with van der Waals surface area (Å²) in [4.78, 5) is 26.2. The van der Waals surface area contributed by atoms with Gasteiger partial charge in [-0.3, -0.25) is 9.78 Å². The number of hydrogen-bond donors (Lipinski definition) is 0. The average Bonchev–Trinajstić information content (AvgIpc) is 3.44. The lowest BCUT2D eigenvalue weighted by Crippen LogP contribution is -2.06. The Kier molecular flexibility index (Phi) is 5.40. The Bertz CT molecular complexity index is 1460. The molecule has 0 radical (unpaired) electrons. The van der Waals surface area contributed by atoms with Crippen LogP contribution in [0, 0.1) is 6.92 Å². The molecule has 0 saturated carbocycles. The molecule has 164 valence electrons. The van der Waals surface area contributed by atoms with Gasteiger partial charge in [-0.1, -0.05) is 23.7 Å². The number of hydrogen-bond acceptors (Lipinski definition) is 6. The highest BCUT2D eigenvalue weighted by Crippen LogP contribution is 2.32. The number of oxazole rings is 1. The van der Waals surface area contributed by atoms with Crippen LogP contribution >= 0.6 is 11.6 Å². The molecule has 0 unspecified atom stereocenters. The molecule has 3 heterocycles. The molecule has 0 amide bonds. The van der Waals surface area contributed by atoms with Gasteiger partial charge in [0.1, 0.15) is 17.7 Å². The molecule has 5 aromatic rings. The van der Waals surface area contributed by atoms with E-state index in [2.05, 4.69) is 19.5 Å². The van der Waals surface area contributed by atoms with Crippen molar-refractivity contribution >= 4 is 28.3 Å². The van der Waals surface area contributed by atoms with Crippen molar-refractivity contribution in [3.05, 3.63) is 94.9 Å². The predicted molar refractivity (Wildman–Crippen MR) is 125 cm³/mol. The minimum absolute atomic E-state index is 0.201. The largest absolute Gasteiger partial charge is 0.497 e. The van der Waals surface area contributed by atoms with Crippen LogP contribution in [0.25, 0.3) is 22.5 Å². The van der Waals surface area contributed by atoms with E-state index < -0.39 is 0 Å². The first-order valence-electron chi connectivity index (χ1n) is 10.2. The van der Waals surface area contributed by atoms with Crippen molar-refractivity contribution in [3.8, 4) is 17.3 Å². The standard InChI is InChI=1S/C25H19ClN4O3/c1-15-23(24(31)21-14-33-25(29-21)20-12-27-9-10-28-20)19-11-18(32-2)7-8-22(19)30(15)13-16-3-5-17(26)6-4-16/h3-12,14H,13H2,1-2H3. The molecule has 0 fully saturated rings. The molecule has 8 heteroatoms. The van der Waals surface area contributed by atoms with Crippen molar-refractivity contribution in [2.75, 3.05) is 7.11 Å². The molecule has 0 aliphatic rings. The minimum atomic E-state index is -0.237. The van der Waals surface area contributed by atoms with Gasteiger partial charge in [0.2, 0.25) is 11.7 Å². The quantitative estimate of drug-likeness (QED) is 0.319. The summed E-state index contributed by atoms with van der Waals surface area (Å²) in [7, 11) is 1.60. The Morgan fingerprint density at radius 1 is 1.15 bits per heavy atom. The number of aromatic nitrogens is 4. The molecule has 0 aliphatic heterocycles. The number of halogens is 1. The van der Waals surface area contributed by atoms with Crippen LogP contribution in [0.1, 0.15) is 27.3 Å². The monoisotopic (exact) mass is 458 g/mol. The van der Waals surface area contributed by atoms with Gasteiger partial charge in [0.15, 0.2) is 5.69 Å². The van der Waals surface area contributed by atoms with E-state index in [1.54, 1.807) is 19.5 Å². The van der Waals surface area contributed by atoms with Crippen molar-refractivity contribution in [2.45, 2.75) is 13.5 Å². The van der Waals surface area contributed by atoms with E-state index in [-0.39, 0.29) is 17.4 Å². The third kappa shape index (κ3) is 3.87. The summed E-state index contributed by atoms with van der Waals surface area (Å²) >= 11 is 6.04. The highest BCUT2D eigenvalue weighted by molar-refractivity contribution is 6.30. The topological polar surface area (TPSA) is 83.0 Å². The van der Waals surface area contributed by atoms with Crippen LogP contribution in [0.3, 0.4) is 0 Å². The second-order valence-electron chi connectivity index (χ2n) is 7.51. The first kappa shape index (κ1) is 20.9.